The number of amides is 1. The van der Waals surface area contributed by atoms with Crippen LogP contribution in [0.1, 0.15) is 24.0 Å². The van der Waals surface area contributed by atoms with Crippen LogP contribution in [0.2, 0.25) is 0 Å². The van der Waals surface area contributed by atoms with Gasteiger partial charge in [0.1, 0.15) is 6.61 Å². The Kier molecular flexibility index (Phi) is 5.49. The maximum Gasteiger partial charge on any atom is 0.408 e. The van der Waals surface area contributed by atoms with Crippen molar-refractivity contribution in [2.45, 2.75) is 18.4 Å². The summed E-state index contributed by atoms with van der Waals surface area (Å²) in [7, 11) is 0. The number of hydrogen-bond donors (Lipinski definition) is 2. The molecule has 2 aromatic rings. The highest BCUT2D eigenvalue weighted by molar-refractivity contribution is 5.86. The molecule has 1 unspecified atom stereocenters. The van der Waals surface area contributed by atoms with Crippen molar-refractivity contribution in [2.24, 2.45) is 5.73 Å². The average Bonchev–Trinajstić information content (AvgIpc) is 3.06. The number of benzene rings is 2. The smallest absolute Gasteiger partial charge is 0.408 e. The Hall–Kier alpha value is -2.90. The number of nitrogens with two attached hydrogens (primary N) is 1. The van der Waals surface area contributed by atoms with Crippen molar-refractivity contribution in [3.05, 3.63) is 59.7 Å². The number of piperazine rings is 1. The number of nitrogens with zero attached hydrogens (tertiary/aromatic N) is 2. The number of carbonyl (C=O) groups excluding carboxylic acids is 1. The summed E-state index contributed by atoms with van der Waals surface area (Å²) >= 11 is 0. The molecule has 30 heavy (non-hydrogen) atoms. The zero-order chi connectivity index (χ0) is 21.3. The van der Waals surface area contributed by atoms with E-state index in [9.17, 15) is 14.7 Å². The van der Waals surface area contributed by atoms with E-state index in [-0.39, 0.29) is 25.6 Å². The Balaban J connectivity index is 1.55. The fourth-order valence-electron chi connectivity index (χ4n) is 4.70. The molecule has 0 bridgehead atoms. The molecule has 2 aromatic carbocycles. The quantitative estimate of drug-likeness (QED) is 0.736. The first-order valence-corrected chi connectivity index (χ1v) is 10.2. The number of fused-ring (bicyclic) bond motifs is 3. The highest BCUT2D eigenvalue weighted by atomic mass is 16.5. The second-order valence-electron chi connectivity index (χ2n) is 8.10. The average molecular weight is 409 g/mol. The van der Waals surface area contributed by atoms with Crippen molar-refractivity contribution < 1.29 is 19.4 Å². The zero-order valence-electron chi connectivity index (χ0n) is 17.1. The maximum absolute atomic E-state index is 13.2. The molecule has 158 valence electrons. The molecular formula is C23H27N3O4. The molecule has 1 aliphatic carbocycles. The molecule has 1 saturated heterocycles. The number of hydrogen-bond acceptors (Lipinski definition) is 5. The van der Waals surface area contributed by atoms with E-state index in [2.05, 4.69) is 24.3 Å². The molecule has 0 spiro atoms. The van der Waals surface area contributed by atoms with Gasteiger partial charge in [-0.25, -0.2) is 9.59 Å². The van der Waals surface area contributed by atoms with Crippen LogP contribution >= 0.6 is 0 Å². The number of rotatable bonds is 5. The first-order chi connectivity index (χ1) is 14.5. The van der Waals surface area contributed by atoms with Crippen LogP contribution in [-0.4, -0.2) is 71.8 Å². The van der Waals surface area contributed by atoms with Gasteiger partial charge in [0.05, 0.1) is 0 Å². The normalized spacial score (nSPS) is 21.2. The van der Waals surface area contributed by atoms with E-state index in [1.54, 1.807) is 6.92 Å². The molecule has 1 aliphatic heterocycles. The van der Waals surface area contributed by atoms with Crippen LogP contribution in [-0.2, 0) is 9.53 Å². The molecule has 0 aromatic heterocycles. The topological polar surface area (TPSA) is 96.1 Å². The maximum atomic E-state index is 13.2. The number of carboxylic acid groups (broad SMARTS) is 1. The molecule has 0 radical (unpaired) electrons. The van der Waals surface area contributed by atoms with Gasteiger partial charge >= 0.3 is 12.1 Å². The minimum absolute atomic E-state index is 0.0630. The van der Waals surface area contributed by atoms with Gasteiger partial charge in [-0.1, -0.05) is 48.5 Å². The van der Waals surface area contributed by atoms with Crippen LogP contribution in [0.5, 0.6) is 0 Å². The van der Waals surface area contributed by atoms with Gasteiger partial charge in [0.2, 0.25) is 0 Å². The number of esters is 1. The van der Waals surface area contributed by atoms with Gasteiger partial charge in [0, 0.05) is 38.6 Å². The van der Waals surface area contributed by atoms with E-state index in [0.29, 0.717) is 19.6 Å². The van der Waals surface area contributed by atoms with E-state index in [4.69, 9.17) is 10.5 Å². The van der Waals surface area contributed by atoms with Gasteiger partial charge in [-0.3, -0.25) is 9.80 Å². The number of ether oxygens (including phenoxy) is 1. The molecule has 1 heterocycles. The summed E-state index contributed by atoms with van der Waals surface area (Å²) in [5, 5.41) is 9.65. The van der Waals surface area contributed by atoms with Crippen molar-refractivity contribution in [3.63, 3.8) is 0 Å². The monoisotopic (exact) mass is 409 g/mol. The van der Waals surface area contributed by atoms with Crippen molar-refractivity contribution in [3.8, 4) is 11.1 Å². The van der Waals surface area contributed by atoms with Crippen LogP contribution < -0.4 is 5.73 Å². The molecule has 0 saturated carbocycles. The Morgan fingerprint density at radius 3 is 2.27 bits per heavy atom. The molecule has 2 aliphatic rings. The second kappa shape index (κ2) is 8.08. The largest absolute Gasteiger partial charge is 0.465 e. The van der Waals surface area contributed by atoms with E-state index in [1.165, 1.54) is 4.90 Å². The summed E-state index contributed by atoms with van der Waals surface area (Å²) in [6, 6.07) is 16.3. The third-order valence-corrected chi connectivity index (χ3v) is 6.23. The Bertz CT molecular complexity index is 917. The summed E-state index contributed by atoms with van der Waals surface area (Å²) in [5.74, 6) is -0.583. The van der Waals surface area contributed by atoms with Gasteiger partial charge < -0.3 is 15.6 Å². The van der Waals surface area contributed by atoms with E-state index < -0.39 is 17.6 Å². The first kappa shape index (κ1) is 20.4. The first-order valence-electron chi connectivity index (χ1n) is 10.2. The Morgan fingerprint density at radius 2 is 1.70 bits per heavy atom. The molecule has 7 heteroatoms. The summed E-state index contributed by atoms with van der Waals surface area (Å²) in [5.41, 5.74) is 8.95. The van der Waals surface area contributed by atoms with Gasteiger partial charge in [-0.05, 0) is 29.2 Å². The SMILES string of the molecule is CC1(C(=O)OCC2c3ccccc3-c3ccccc32)CN(CCN)CCN1C(=O)O. The van der Waals surface area contributed by atoms with Crippen LogP contribution in [0.15, 0.2) is 48.5 Å². The molecule has 1 fully saturated rings. The van der Waals surface area contributed by atoms with Gasteiger partial charge in [-0.15, -0.1) is 0 Å². The summed E-state index contributed by atoms with van der Waals surface area (Å²) in [6.07, 6.45) is -1.11. The third kappa shape index (κ3) is 3.44. The third-order valence-electron chi connectivity index (χ3n) is 6.23. The molecule has 1 amide bonds. The van der Waals surface area contributed by atoms with E-state index in [0.717, 1.165) is 22.3 Å². The van der Waals surface area contributed by atoms with Crippen molar-refractivity contribution in [2.75, 3.05) is 39.3 Å². The highest BCUT2D eigenvalue weighted by Crippen LogP contribution is 2.44. The van der Waals surface area contributed by atoms with Crippen molar-refractivity contribution >= 4 is 12.1 Å². The minimum atomic E-state index is -1.27. The molecule has 1 atom stereocenters. The lowest BCUT2D eigenvalue weighted by atomic mass is 9.95. The molecule has 4 rings (SSSR count). The van der Waals surface area contributed by atoms with Crippen molar-refractivity contribution in [1.82, 2.24) is 9.80 Å². The predicted molar refractivity (Wildman–Crippen MR) is 113 cm³/mol. The zero-order valence-corrected chi connectivity index (χ0v) is 17.1. The van der Waals surface area contributed by atoms with Crippen LogP contribution in [0.4, 0.5) is 4.79 Å². The van der Waals surface area contributed by atoms with Crippen LogP contribution in [0, 0.1) is 0 Å². The molecular weight excluding hydrogens is 382 g/mol. The van der Waals surface area contributed by atoms with Crippen molar-refractivity contribution in [1.29, 1.82) is 0 Å². The van der Waals surface area contributed by atoms with Gasteiger partial charge in [-0.2, -0.15) is 0 Å². The van der Waals surface area contributed by atoms with Gasteiger partial charge in [0.15, 0.2) is 5.54 Å². The molecule has 3 N–H and O–H groups in total. The van der Waals surface area contributed by atoms with Crippen LogP contribution in [0.3, 0.4) is 0 Å². The van der Waals surface area contributed by atoms with Gasteiger partial charge in [0.25, 0.3) is 0 Å². The highest BCUT2D eigenvalue weighted by Gasteiger charge is 2.48. The van der Waals surface area contributed by atoms with E-state index >= 15 is 0 Å². The lowest BCUT2D eigenvalue weighted by Crippen LogP contribution is -2.66. The Labute approximate surface area is 176 Å². The summed E-state index contributed by atoms with van der Waals surface area (Å²) in [6.45, 7) is 3.95. The Morgan fingerprint density at radius 1 is 1.10 bits per heavy atom. The lowest BCUT2D eigenvalue weighted by molar-refractivity contribution is -0.160. The fourth-order valence-corrected chi connectivity index (χ4v) is 4.70. The minimum Gasteiger partial charge on any atom is -0.465 e. The lowest BCUT2D eigenvalue weighted by Gasteiger charge is -2.45. The second-order valence-corrected chi connectivity index (χ2v) is 8.10. The summed E-state index contributed by atoms with van der Waals surface area (Å²) < 4.78 is 5.79. The predicted octanol–water partition coefficient (Wildman–Crippen LogP) is 2.36. The van der Waals surface area contributed by atoms with Crippen LogP contribution in [0.25, 0.3) is 11.1 Å². The fraction of sp³-hybridized carbons (Fsp3) is 0.391. The molecule has 7 nitrogen and oxygen atoms in total. The standard InChI is InChI=1S/C23H27N3O4/c1-23(15-25(11-10-24)12-13-26(23)22(28)29)21(27)30-14-20-18-8-4-2-6-16(18)17-7-3-5-9-19(17)20/h2-9,20H,10-15,24H2,1H3,(H,28,29). The number of carbonyl (C=O) groups is 2. The van der Waals surface area contributed by atoms with E-state index in [1.807, 2.05) is 29.2 Å². The summed E-state index contributed by atoms with van der Waals surface area (Å²) in [4.78, 5) is 28.2.